The minimum Gasteiger partial charge on any atom is -0.279 e. The molecule has 219 valence electrons. The third-order valence-corrected chi connectivity index (χ3v) is 6.16. The molecule has 0 unspecified atom stereocenters. The Labute approximate surface area is 236 Å². The molecule has 1 saturated carbocycles. The molecule has 39 heavy (non-hydrogen) atoms. The van der Waals surface area contributed by atoms with Crippen molar-refractivity contribution in [2.75, 3.05) is 0 Å². The Hall–Kier alpha value is -1.68. The van der Waals surface area contributed by atoms with Gasteiger partial charge in [0, 0.05) is 12.4 Å². The summed E-state index contributed by atoms with van der Waals surface area (Å²) in [4.78, 5) is 8.37. The van der Waals surface area contributed by atoms with E-state index in [0.29, 0.717) is 0 Å². The van der Waals surface area contributed by atoms with E-state index in [-0.39, 0.29) is 19.5 Å². The van der Waals surface area contributed by atoms with Gasteiger partial charge in [0.1, 0.15) is 0 Å². The zero-order chi connectivity index (χ0) is 30.1. The summed E-state index contributed by atoms with van der Waals surface area (Å²) < 4.78 is 115. The Kier molecular flexibility index (Phi) is 16.1. The van der Waals surface area contributed by atoms with Gasteiger partial charge < -0.3 is 0 Å². The molecule has 0 amide bonds. The van der Waals surface area contributed by atoms with Crippen molar-refractivity contribution in [3.05, 3.63) is 78.4 Å². The molecule has 17 heteroatoms. The zero-order valence-electron chi connectivity index (χ0n) is 21.0. The summed E-state index contributed by atoms with van der Waals surface area (Å²) in [6.45, 7) is 11.0. The Morgan fingerprint density at radius 2 is 0.769 bits per heavy atom. The Morgan fingerprint density at radius 1 is 0.564 bits per heavy atom. The van der Waals surface area contributed by atoms with Gasteiger partial charge in [-0.3, -0.25) is 19.1 Å². The van der Waals surface area contributed by atoms with Gasteiger partial charge in [-0.15, -0.1) is 0 Å². The van der Waals surface area contributed by atoms with Gasteiger partial charge in [-0.2, -0.15) is 43.2 Å². The maximum atomic E-state index is 10.7. The summed E-state index contributed by atoms with van der Waals surface area (Å²) in [5, 5.41) is 0. The second-order valence-electron chi connectivity index (χ2n) is 7.40. The Morgan fingerprint density at radius 3 is 0.897 bits per heavy atom. The van der Waals surface area contributed by atoms with Crippen molar-refractivity contribution in [3.8, 4) is 11.4 Å². The fourth-order valence-electron chi connectivity index (χ4n) is 2.43. The first-order valence-corrected chi connectivity index (χ1v) is 13.0. The molecule has 1 aliphatic carbocycles. The van der Waals surface area contributed by atoms with Gasteiger partial charge in [0.25, 0.3) is 0 Å². The van der Waals surface area contributed by atoms with Crippen LogP contribution in [0.25, 0.3) is 11.4 Å². The van der Waals surface area contributed by atoms with Crippen LogP contribution in [0.2, 0.25) is 0 Å². The maximum absolute atomic E-state index is 10.7. The average Bonchev–Trinajstić information content (AvgIpc) is 2.96. The van der Waals surface area contributed by atoms with Gasteiger partial charge >= 0.3 is 50.7 Å². The second kappa shape index (κ2) is 15.9. The third-order valence-electron chi connectivity index (χ3n) is 4.99. The molecule has 2 aromatic heterocycles. The maximum Gasteiger partial charge on any atom is 3.00 e. The first kappa shape index (κ1) is 39.5. The average molecular weight is 694 g/mol. The molecule has 0 atom stereocenters. The topological polar surface area (TPSA) is 135 Å². The first-order valence-electron chi connectivity index (χ1n) is 10.1. The minimum absolute atomic E-state index is 0. The van der Waals surface area contributed by atoms with E-state index in [2.05, 4.69) is 44.6 Å². The van der Waals surface area contributed by atoms with Crippen molar-refractivity contribution in [1.82, 2.24) is 9.97 Å². The quantitative estimate of drug-likeness (QED) is 0.163. The zero-order valence-corrected chi connectivity index (χ0v) is 24.2. The van der Waals surface area contributed by atoms with Crippen molar-refractivity contribution < 1.29 is 71.8 Å². The van der Waals surface area contributed by atoms with Crippen LogP contribution in [0, 0.1) is 29.6 Å². The number of halogens is 6. The van der Waals surface area contributed by atoms with E-state index in [1.165, 1.54) is 29.6 Å². The third kappa shape index (κ3) is 13.5. The van der Waals surface area contributed by atoms with Crippen LogP contribution in [0.1, 0.15) is 34.6 Å². The molecule has 2 aromatic rings. The van der Waals surface area contributed by atoms with Crippen LogP contribution >= 0.6 is 0 Å². The molecule has 3 rings (SSSR count). The van der Waals surface area contributed by atoms with Gasteiger partial charge in [0.05, 0.1) is 11.4 Å². The SMILES string of the molecule is C[C]1[C](C)[C](C)[C](C)[C]1C.O=S(=O)(O)C(F)(F)F.O=S(=O)(O)C(F)(F)F.[Rh+3].c1ccc(-c2ccccn2)nc1. The molecule has 1 fully saturated rings. The summed E-state index contributed by atoms with van der Waals surface area (Å²) in [5.41, 5.74) is -9.24. The van der Waals surface area contributed by atoms with E-state index in [1.807, 2.05) is 36.4 Å². The number of hydrogen-bond donors (Lipinski definition) is 2. The number of hydrogen-bond acceptors (Lipinski definition) is 6. The van der Waals surface area contributed by atoms with E-state index in [1.54, 1.807) is 12.4 Å². The molecule has 2 heterocycles. The van der Waals surface area contributed by atoms with Gasteiger partial charge in [-0.1, -0.05) is 46.8 Å². The Balaban J connectivity index is 0. The molecule has 0 saturated heterocycles. The van der Waals surface area contributed by atoms with Crippen molar-refractivity contribution in [1.29, 1.82) is 0 Å². The summed E-state index contributed by atoms with van der Waals surface area (Å²) in [5.74, 6) is 7.34. The fraction of sp³-hybridized carbons (Fsp3) is 0.318. The van der Waals surface area contributed by atoms with Crippen LogP contribution in [-0.2, 0) is 39.7 Å². The predicted octanol–water partition coefficient (Wildman–Crippen LogP) is 5.90. The van der Waals surface area contributed by atoms with Crippen LogP contribution in [-0.4, -0.2) is 46.9 Å². The van der Waals surface area contributed by atoms with E-state index in [0.717, 1.165) is 11.4 Å². The normalized spacial score (nSPS) is 16.0. The van der Waals surface area contributed by atoms with Gasteiger partial charge in [-0.25, -0.2) is 0 Å². The molecule has 1 aliphatic rings. The summed E-state index contributed by atoms with van der Waals surface area (Å²) in [7, 11) is -11.7. The number of nitrogens with zero attached hydrogens (tertiary/aromatic N) is 2. The van der Waals surface area contributed by atoms with Crippen molar-refractivity contribution in [3.63, 3.8) is 0 Å². The van der Waals surface area contributed by atoms with Gasteiger partial charge in [0.15, 0.2) is 0 Å². The summed E-state index contributed by atoms with van der Waals surface area (Å²) in [6, 6.07) is 11.6. The molecular formula is C22H25F6N2O6RhS2+3. The number of aromatic nitrogens is 2. The minimum atomic E-state index is -5.84. The number of pyridine rings is 2. The van der Waals surface area contributed by atoms with E-state index < -0.39 is 31.3 Å². The molecule has 0 bridgehead atoms. The molecular weight excluding hydrogens is 669 g/mol. The molecule has 0 aromatic carbocycles. The molecule has 2 N–H and O–H groups in total. The van der Waals surface area contributed by atoms with Gasteiger partial charge in [-0.05, 0) is 53.9 Å². The molecule has 5 radical (unpaired) electrons. The molecule has 0 spiro atoms. The van der Waals surface area contributed by atoms with Crippen LogP contribution < -0.4 is 0 Å². The summed E-state index contributed by atoms with van der Waals surface area (Å²) >= 11 is 0. The van der Waals surface area contributed by atoms with E-state index in [4.69, 9.17) is 25.9 Å². The van der Waals surface area contributed by atoms with Crippen molar-refractivity contribution in [2.24, 2.45) is 0 Å². The fourth-order valence-corrected chi connectivity index (χ4v) is 2.43. The van der Waals surface area contributed by atoms with Crippen LogP contribution in [0.15, 0.2) is 48.8 Å². The van der Waals surface area contributed by atoms with Crippen molar-refractivity contribution in [2.45, 2.75) is 45.6 Å². The van der Waals surface area contributed by atoms with E-state index in [9.17, 15) is 26.3 Å². The smallest absolute Gasteiger partial charge is 0.279 e. The molecule has 0 aliphatic heterocycles. The monoisotopic (exact) mass is 694 g/mol. The molecule has 8 nitrogen and oxygen atoms in total. The van der Waals surface area contributed by atoms with Crippen molar-refractivity contribution >= 4 is 20.2 Å². The van der Waals surface area contributed by atoms with Crippen LogP contribution in [0.3, 0.4) is 0 Å². The summed E-state index contributed by atoms with van der Waals surface area (Å²) in [6.07, 6.45) is 3.54. The van der Waals surface area contributed by atoms with E-state index >= 15 is 0 Å². The standard InChI is InChI=1S/C10H8N2.C10H15.2CHF3O3S.Rh/c1-3-7-11-9(5-1)10-6-2-4-8-12-10;1-6-7(2)9(4)10(5)8(6)3;2*2-1(3,4)8(5,6)7;/h1-8H;1-5H3;2*(H,5,6,7);/q;;;;+3. The Bertz CT molecular complexity index is 1060. The number of alkyl halides is 6. The second-order valence-corrected chi connectivity index (χ2v) is 10.2. The van der Waals surface area contributed by atoms with Gasteiger partial charge in [0.2, 0.25) is 0 Å². The van der Waals surface area contributed by atoms with Crippen LogP contribution in [0.5, 0.6) is 0 Å². The van der Waals surface area contributed by atoms with Crippen LogP contribution in [0.4, 0.5) is 26.3 Å². The first-order chi connectivity index (χ1) is 17.0. The predicted molar refractivity (Wildman–Crippen MR) is 127 cm³/mol. The number of rotatable bonds is 1. The largest absolute Gasteiger partial charge is 3.00 e.